The zero-order valence-corrected chi connectivity index (χ0v) is 12.1. The maximum absolute atomic E-state index is 14.4. The van der Waals surface area contributed by atoms with Crippen molar-refractivity contribution < 1.29 is 23.5 Å². The zero-order chi connectivity index (χ0) is 16.3. The topological polar surface area (TPSA) is 78.6 Å². The van der Waals surface area contributed by atoms with E-state index in [1.165, 1.54) is 50.6 Å². The van der Waals surface area contributed by atoms with E-state index in [0.717, 1.165) is 0 Å². The van der Waals surface area contributed by atoms with Crippen molar-refractivity contribution in [3.05, 3.63) is 58.9 Å². The first-order valence-electron chi connectivity index (χ1n) is 6.34. The lowest BCUT2D eigenvalue weighted by Gasteiger charge is -2.11. The van der Waals surface area contributed by atoms with Crippen molar-refractivity contribution in [2.24, 2.45) is 5.73 Å². The molecule has 2 rings (SSSR count). The lowest BCUT2D eigenvalue weighted by molar-refractivity contribution is 0.0996. The van der Waals surface area contributed by atoms with Crippen molar-refractivity contribution in [2.45, 2.75) is 0 Å². The number of hydrogen-bond acceptors (Lipinski definition) is 4. The molecular weight excluding hydrogens is 289 g/mol. The Bertz CT molecular complexity index is 726. The molecule has 0 heterocycles. The van der Waals surface area contributed by atoms with Crippen LogP contribution in [0, 0.1) is 5.82 Å². The van der Waals surface area contributed by atoms with Crippen LogP contribution >= 0.6 is 0 Å². The first kappa shape index (κ1) is 15.5. The second-order valence-corrected chi connectivity index (χ2v) is 4.43. The number of benzene rings is 2. The highest BCUT2D eigenvalue weighted by Crippen LogP contribution is 2.30. The van der Waals surface area contributed by atoms with Gasteiger partial charge in [-0.15, -0.1) is 0 Å². The largest absolute Gasteiger partial charge is 0.496 e. The van der Waals surface area contributed by atoms with Gasteiger partial charge in [-0.05, 0) is 24.3 Å². The number of hydrogen-bond donors (Lipinski definition) is 1. The number of amides is 1. The lowest BCUT2D eigenvalue weighted by atomic mass is 10.00. The van der Waals surface area contributed by atoms with E-state index in [0.29, 0.717) is 0 Å². The monoisotopic (exact) mass is 303 g/mol. The fourth-order valence-electron chi connectivity index (χ4n) is 2.01. The van der Waals surface area contributed by atoms with Crippen LogP contribution in [0.2, 0.25) is 0 Å². The molecule has 0 saturated carbocycles. The predicted octanol–water partition coefficient (Wildman–Crippen LogP) is 2.17. The third-order valence-electron chi connectivity index (χ3n) is 3.17. The van der Waals surface area contributed by atoms with Gasteiger partial charge in [-0.3, -0.25) is 9.59 Å². The van der Waals surface area contributed by atoms with Crippen molar-refractivity contribution >= 4 is 11.7 Å². The molecule has 114 valence electrons. The van der Waals surface area contributed by atoms with Gasteiger partial charge in [-0.2, -0.15) is 0 Å². The van der Waals surface area contributed by atoms with Crippen LogP contribution in [0.3, 0.4) is 0 Å². The van der Waals surface area contributed by atoms with Gasteiger partial charge in [0.05, 0.1) is 14.2 Å². The van der Waals surface area contributed by atoms with Crippen molar-refractivity contribution in [3.8, 4) is 11.5 Å². The fraction of sp³-hybridized carbons (Fsp3) is 0.125. The number of primary amides is 1. The maximum atomic E-state index is 14.4. The molecule has 5 nitrogen and oxygen atoms in total. The third kappa shape index (κ3) is 2.76. The van der Waals surface area contributed by atoms with E-state index in [2.05, 4.69) is 0 Å². The van der Waals surface area contributed by atoms with E-state index in [4.69, 9.17) is 15.2 Å². The van der Waals surface area contributed by atoms with E-state index in [1.54, 1.807) is 0 Å². The first-order valence-corrected chi connectivity index (χ1v) is 6.34. The summed E-state index contributed by atoms with van der Waals surface area (Å²) in [6.07, 6.45) is 0. The van der Waals surface area contributed by atoms with Gasteiger partial charge < -0.3 is 15.2 Å². The Balaban J connectivity index is 2.50. The van der Waals surface area contributed by atoms with Gasteiger partial charge >= 0.3 is 0 Å². The highest BCUT2D eigenvalue weighted by molar-refractivity contribution is 6.11. The number of ketones is 1. The normalized spacial score (nSPS) is 10.1. The van der Waals surface area contributed by atoms with Crippen LogP contribution in [-0.4, -0.2) is 25.9 Å². The number of carbonyl (C=O) groups excluding carboxylic acids is 2. The first-order chi connectivity index (χ1) is 10.5. The smallest absolute Gasteiger partial charge is 0.248 e. The van der Waals surface area contributed by atoms with E-state index in [9.17, 15) is 14.0 Å². The summed E-state index contributed by atoms with van der Waals surface area (Å²) in [5, 5.41) is 0. The molecule has 22 heavy (non-hydrogen) atoms. The molecular formula is C16H14FNO4. The molecule has 0 spiro atoms. The van der Waals surface area contributed by atoms with Crippen LogP contribution < -0.4 is 15.2 Å². The number of ether oxygens (including phenoxy) is 2. The summed E-state index contributed by atoms with van der Waals surface area (Å²) in [5.74, 6) is -1.94. The standard InChI is InChI=1S/C16H14FNO4/c1-21-11-7-8-12(22-2)14(17)13(11)15(19)9-3-5-10(6-4-9)16(18)20/h3-8H,1-2H3,(H2,18,20). The Kier molecular flexibility index (Phi) is 4.41. The number of halogens is 1. The molecule has 2 N–H and O–H groups in total. The minimum Gasteiger partial charge on any atom is -0.496 e. The molecule has 0 saturated heterocycles. The summed E-state index contributed by atoms with van der Waals surface area (Å²) in [6, 6.07) is 8.44. The number of rotatable bonds is 5. The molecule has 0 fully saturated rings. The molecule has 0 bridgehead atoms. The second kappa shape index (κ2) is 6.26. The second-order valence-electron chi connectivity index (χ2n) is 4.43. The summed E-state index contributed by atoms with van der Waals surface area (Å²) >= 11 is 0. The van der Waals surface area contributed by atoms with Crippen molar-refractivity contribution in [1.82, 2.24) is 0 Å². The lowest BCUT2D eigenvalue weighted by Crippen LogP contribution is -2.12. The Morgan fingerprint density at radius 3 is 1.91 bits per heavy atom. The highest BCUT2D eigenvalue weighted by atomic mass is 19.1. The van der Waals surface area contributed by atoms with Gasteiger partial charge in [0.1, 0.15) is 11.3 Å². The van der Waals surface area contributed by atoms with Crippen LogP contribution in [-0.2, 0) is 0 Å². The number of methoxy groups -OCH3 is 2. The molecule has 0 aliphatic rings. The summed E-state index contributed by atoms with van der Waals surface area (Å²) in [5.41, 5.74) is 5.37. The van der Waals surface area contributed by atoms with Gasteiger partial charge in [0, 0.05) is 11.1 Å². The Morgan fingerprint density at radius 1 is 0.909 bits per heavy atom. The van der Waals surface area contributed by atoms with Crippen molar-refractivity contribution in [2.75, 3.05) is 14.2 Å². The Labute approximate surface area is 126 Å². The summed E-state index contributed by atoms with van der Waals surface area (Å²) in [7, 11) is 2.65. The van der Waals surface area contributed by atoms with Crippen LogP contribution in [0.1, 0.15) is 26.3 Å². The summed E-state index contributed by atoms with van der Waals surface area (Å²) in [6.45, 7) is 0. The van der Waals surface area contributed by atoms with E-state index >= 15 is 0 Å². The summed E-state index contributed by atoms with van der Waals surface area (Å²) in [4.78, 5) is 23.5. The molecule has 0 unspecified atom stereocenters. The fourth-order valence-corrected chi connectivity index (χ4v) is 2.01. The average Bonchev–Trinajstić information content (AvgIpc) is 2.53. The van der Waals surface area contributed by atoms with Gasteiger partial charge in [0.25, 0.3) is 0 Å². The van der Waals surface area contributed by atoms with Gasteiger partial charge in [-0.1, -0.05) is 12.1 Å². The predicted molar refractivity (Wildman–Crippen MR) is 77.9 cm³/mol. The number of nitrogens with two attached hydrogens (primary N) is 1. The molecule has 0 atom stereocenters. The molecule has 0 aliphatic carbocycles. The minimum atomic E-state index is -0.800. The maximum Gasteiger partial charge on any atom is 0.248 e. The van der Waals surface area contributed by atoms with E-state index < -0.39 is 17.5 Å². The highest BCUT2D eigenvalue weighted by Gasteiger charge is 2.22. The van der Waals surface area contributed by atoms with Crippen LogP contribution in [0.25, 0.3) is 0 Å². The summed E-state index contributed by atoms with van der Waals surface area (Å²) < 4.78 is 24.3. The molecule has 0 aromatic heterocycles. The number of carbonyl (C=O) groups is 2. The SMILES string of the molecule is COc1ccc(OC)c(C(=O)c2ccc(C(N)=O)cc2)c1F. The molecule has 0 aliphatic heterocycles. The molecule has 6 heteroatoms. The Hall–Kier alpha value is -2.89. The van der Waals surface area contributed by atoms with E-state index in [-0.39, 0.29) is 28.2 Å². The molecule has 2 aromatic carbocycles. The van der Waals surface area contributed by atoms with E-state index in [1.807, 2.05) is 0 Å². The zero-order valence-electron chi connectivity index (χ0n) is 12.1. The average molecular weight is 303 g/mol. The third-order valence-corrected chi connectivity index (χ3v) is 3.17. The van der Waals surface area contributed by atoms with Crippen molar-refractivity contribution in [3.63, 3.8) is 0 Å². The van der Waals surface area contributed by atoms with Gasteiger partial charge in [0.15, 0.2) is 17.3 Å². The van der Waals surface area contributed by atoms with Crippen LogP contribution in [0.4, 0.5) is 4.39 Å². The quantitative estimate of drug-likeness (QED) is 0.859. The minimum absolute atomic E-state index is 0.0575. The van der Waals surface area contributed by atoms with Gasteiger partial charge in [0.2, 0.25) is 5.91 Å². The van der Waals surface area contributed by atoms with Crippen LogP contribution in [0.5, 0.6) is 11.5 Å². The molecule has 1 amide bonds. The molecule has 2 aromatic rings. The molecule has 0 radical (unpaired) electrons. The Morgan fingerprint density at radius 2 is 1.41 bits per heavy atom. The van der Waals surface area contributed by atoms with Gasteiger partial charge in [-0.25, -0.2) is 4.39 Å². The van der Waals surface area contributed by atoms with Crippen LogP contribution in [0.15, 0.2) is 36.4 Å². The van der Waals surface area contributed by atoms with Crippen molar-refractivity contribution in [1.29, 1.82) is 0 Å².